The summed E-state index contributed by atoms with van der Waals surface area (Å²) in [6.45, 7) is 4.91. The monoisotopic (exact) mass is 625 g/mol. The van der Waals surface area contributed by atoms with Gasteiger partial charge >= 0.3 is 24.1 Å². The summed E-state index contributed by atoms with van der Waals surface area (Å²) in [7, 11) is 0. The van der Waals surface area contributed by atoms with Gasteiger partial charge in [-0.1, -0.05) is 30.3 Å². The summed E-state index contributed by atoms with van der Waals surface area (Å²) in [5.41, 5.74) is -1.83. The quantitative estimate of drug-likeness (QED) is 0.210. The summed E-state index contributed by atoms with van der Waals surface area (Å²) in [6, 6.07) is 8.71. The smallest absolute Gasteiger partial charge is 0.471 e. The van der Waals surface area contributed by atoms with Gasteiger partial charge in [-0.15, -0.1) is 0 Å². The minimum absolute atomic E-state index is 0.0542. The average molecular weight is 626 g/mol. The fourth-order valence-electron chi connectivity index (χ4n) is 5.03. The van der Waals surface area contributed by atoms with E-state index in [1.54, 1.807) is 30.3 Å². The van der Waals surface area contributed by atoms with Crippen molar-refractivity contribution < 1.29 is 51.3 Å². The van der Waals surface area contributed by atoms with Crippen LogP contribution in [0.5, 0.6) is 5.75 Å². The summed E-state index contributed by atoms with van der Waals surface area (Å²) < 4.78 is 74.0. The van der Waals surface area contributed by atoms with Crippen molar-refractivity contribution in [2.24, 2.45) is 5.92 Å². The molecule has 0 bridgehead atoms. The molecule has 0 aliphatic carbocycles. The number of hydrogen-bond acceptors (Lipinski definition) is 7. The zero-order chi connectivity index (χ0) is 32.2. The van der Waals surface area contributed by atoms with E-state index in [9.17, 15) is 32.7 Å². The van der Waals surface area contributed by atoms with Crippen LogP contribution in [0.2, 0.25) is 0 Å². The number of amides is 2. The number of esters is 1. The maximum absolute atomic E-state index is 16.5. The normalized spacial score (nSPS) is 16.7. The number of ether oxygens (including phenoxy) is 3. The van der Waals surface area contributed by atoms with Crippen LogP contribution in [-0.2, 0) is 32.1 Å². The van der Waals surface area contributed by atoms with Gasteiger partial charge in [0, 0.05) is 24.1 Å². The van der Waals surface area contributed by atoms with Crippen molar-refractivity contribution in [1.29, 1.82) is 0 Å². The number of carboxylic acid groups (broad SMARTS) is 1. The van der Waals surface area contributed by atoms with Gasteiger partial charge in [0.05, 0.1) is 24.9 Å². The summed E-state index contributed by atoms with van der Waals surface area (Å²) in [5.74, 6) is -5.18. The Morgan fingerprint density at radius 3 is 2.39 bits per heavy atom. The van der Waals surface area contributed by atoms with E-state index >= 15 is 4.39 Å². The van der Waals surface area contributed by atoms with E-state index in [1.807, 2.05) is 0 Å². The van der Waals surface area contributed by atoms with Crippen LogP contribution in [-0.4, -0.2) is 73.7 Å². The second-order valence-corrected chi connectivity index (χ2v) is 11.7. The largest absolute Gasteiger partial charge is 0.487 e. The highest BCUT2D eigenvalue weighted by Gasteiger charge is 2.47. The van der Waals surface area contributed by atoms with Crippen LogP contribution < -0.4 is 19.9 Å². The van der Waals surface area contributed by atoms with Gasteiger partial charge in [-0.3, -0.25) is 19.4 Å². The third-order valence-corrected chi connectivity index (χ3v) is 7.07. The highest BCUT2D eigenvalue weighted by molar-refractivity contribution is 6.03. The van der Waals surface area contributed by atoms with E-state index < -0.39 is 59.6 Å². The number of hydrogen-bond donors (Lipinski definition) is 2. The van der Waals surface area contributed by atoms with Crippen molar-refractivity contribution in [3.8, 4) is 5.75 Å². The molecule has 2 amide bonds. The number of carbonyl (C=O) groups excluding carboxylic acids is 2. The summed E-state index contributed by atoms with van der Waals surface area (Å²) in [5, 5.41) is 13.2. The molecule has 0 spiro atoms. The minimum Gasteiger partial charge on any atom is -0.487 e. The maximum Gasteiger partial charge on any atom is 0.471 e. The Hall–Kier alpha value is -3.91. The molecule has 44 heavy (non-hydrogen) atoms. The molecule has 240 valence electrons. The molecule has 1 saturated heterocycles. The number of rotatable bonds is 11. The van der Waals surface area contributed by atoms with E-state index in [-0.39, 0.29) is 35.7 Å². The Kier molecular flexibility index (Phi) is 10.0. The predicted octanol–water partition coefficient (Wildman–Crippen LogP) is 4.68. The van der Waals surface area contributed by atoms with Crippen molar-refractivity contribution in [2.75, 3.05) is 42.6 Å². The number of nitrogens with one attached hydrogen (secondary N) is 1. The lowest BCUT2D eigenvalue weighted by molar-refractivity contribution is -0.171. The predicted molar refractivity (Wildman–Crippen MR) is 151 cm³/mol. The third-order valence-electron chi connectivity index (χ3n) is 7.07. The molecule has 0 aromatic heterocycles. The minimum atomic E-state index is -5.49. The second kappa shape index (κ2) is 13.4. The molecule has 0 unspecified atom stereocenters. The Bertz CT molecular complexity index is 1360. The highest BCUT2D eigenvalue weighted by atomic mass is 19.4. The Morgan fingerprint density at radius 1 is 1.14 bits per heavy atom. The van der Waals surface area contributed by atoms with Crippen LogP contribution in [0.1, 0.15) is 38.3 Å². The fraction of sp³-hybridized carbons (Fsp3) is 0.500. The summed E-state index contributed by atoms with van der Waals surface area (Å²) >= 11 is 0. The molecular formula is C30H35F4N3O7. The summed E-state index contributed by atoms with van der Waals surface area (Å²) in [6.07, 6.45) is -6.29. The Balaban J connectivity index is 1.75. The topological polar surface area (TPSA) is 118 Å². The van der Waals surface area contributed by atoms with Crippen LogP contribution >= 0.6 is 0 Å². The number of alkyl halides is 3. The van der Waals surface area contributed by atoms with E-state index in [1.165, 1.54) is 20.8 Å². The SMILES string of the molecule is CC(C)(C)OC(=O)CN(C(=O)C(F)(F)F)c1c(OCc2ccccc2)cc2c(c1F)C[C@H](CNCCC1COC1)N2C(=O)O. The van der Waals surface area contributed by atoms with E-state index in [4.69, 9.17) is 14.2 Å². The summed E-state index contributed by atoms with van der Waals surface area (Å²) in [4.78, 5) is 38.6. The lowest BCUT2D eigenvalue weighted by Gasteiger charge is -2.29. The van der Waals surface area contributed by atoms with Crippen LogP contribution in [0, 0.1) is 11.7 Å². The number of nitrogens with zero attached hydrogens (tertiary/aromatic N) is 2. The zero-order valence-electron chi connectivity index (χ0n) is 24.6. The van der Waals surface area contributed by atoms with E-state index in [0.29, 0.717) is 31.2 Å². The van der Waals surface area contributed by atoms with Crippen molar-refractivity contribution in [1.82, 2.24) is 5.32 Å². The van der Waals surface area contributed by atoms with Gasteiger partial charge in [-0.2, -0.15) is 13.2 Å². The van der Waals surface area contributed by atoms with Crippen molar-refractivity contribution >= 4 is 29.3 Å². The van der Waals surface area contributed by atoms with Crippen LogP contribution in [0.15, 0.2) is 36.4 Å². The molecule has 2 N–H and O–H groups in total. The lowest BCUT2D eigenvalue weighted by Crippen LogP contribution is -2.46. The van der Waals surface area contributed by atoms with Gasteiger partial charge in [-0.05, 0) is 45.7 Å². The molecule has 2 aliphatic rings. The van der Waals surface area contributed by atoms with Crippen molar-refractivity contribution in [2.45, 2.75) is 58.0 Å². The van der Waals surface area contributed by atoms with Crippen molar-refractivity contribution in [3.63, 3.8) is 0 Å². The first-order chi connectivity index (χ1) is 20.7. The molecule has 2 heterocycles. The zero-order valence-corrected chi connectivity index (χ0v) is 24.6. The molecule has 4 rings (SSSR count). The van der Waals surface area contributed by atoms with Crippen LogP contribution in [0.4, 0.5) is 33.7 Å². The van der Waals surface area contributed by atoms with Crippen molar-refractivity contribution in [3.05, 3.63) is 53.3 Å². The van der Waals surface area contributed by atoms with Gasteiger partial charge in [0.25, 0.3) is 0 Å². The highest BCUT2D eigenvalue weighted by Crippen LogP contribution is 2.45. The molecular weight excluding hydrogens is 590 g/mol. The molecule has 0 saturated carbocycles. The average Bonchev–Trinajstić information content (AvgIpc) is 3.27. The standard InChI is InChI=1S/C30H35F4N3O7/c1-29(2,3)44-24(38)14-36(27(39)30(32,33)34)26-23(43-17-18-7-5-4-6-8-18)12-22-21(25(26)31)11-20(37(22)28(40)41)13-35-10-9-19-15-42-16-19/h4-8,12,19-20,35H,9-11,13-17H2,1-3H3,(H,40,41)/t20-/m1/s1. The first kappa shape index (κ1) is 33.0. The molecule has 2 aromatic rings. The van der Waals surface area contributed by atoms with Gasteiger partial charge in [0.15, 0.2) is 5.82 Å². The Morgan fingerprint density at radius 2 is 1.82 bits per heavy atom. The molecule has 2 aliphatic heterocycles. The van der Waals surface area contributed by atoms with Gasteiger partial charge < -0.3 is 24.6 Å². The van der Waals surface area contributed by atoms with Crippen LogP contribution in [0.3, 0.4) is 0 Å². The van der Waals surface area contributed by atoms with Gasteiger partial charge in [0.2, 0.25) is 0 Å². The molecule has 2 aromatic carbocycles. The third kappa shape index (κ3) is 7.97. The molecule has 0 radical (unpaired) electrons. The molecule has 10 nitrogen and oxygen atoms in total. The van der Waals surface area contributed by atoms with Gasteiger partial charge in [0.1, 0.15) is 30.2 Å². The van der Waals surface area contributed by atoms with Gasteiger partial charge in [-0.25, -0.2) is 9.18 Å². The number of halogens is 4. The Labute approximate surface area is 251 Å². The number of fused-ring (bicyclic) bond motifs is 1. The molecule has 1 atom stereocenters. The first-order valence-corrected chi connectivity index (χ1v) is 14.1. The van der Waals surface area contributed by atoms with Crippen LogP contribution in [0.25, 0.3) is 0 Å². The number of carbonyl (C=O) groups is 3. The molecule has 14 heteroatoms. The first-order valence-electron chi connectivity index (χ1n) is 14.1. The molecule has 1 fully saturated rings. The maximum atomic E-state index is 16.5. The van der Waals surface area contributed by atoms with E-state index in [2.05, 4.69) is 5.32 Å². The number of anilines is 2. The fourth-order valence-corrected chi connectivity index (χ4v) is 5.03. The number of benzene rings is 2. The van der Waals surface area contributed by atoms with E-state index in [0.717, 1.165) is 17.4 Å². The lowest BCUT2D eigenvalue weighted by atomic mass is 10.0. The second-order valence-electron chi connectivity index (χ2n) is 11.7.